The van der Waals surface area contributed by atoms with E-state index in [4.69, 9.17) is 11.6 Å². The number of rotatable bonds is 6. The molecule has 6 nitrogen and oxygen atoms in total. The molecule has 1 aliphatic heterocycles. The Kier molecular flexibility index (Phi) is 7.25. The van der Waals surface area contributed by atoms with Crippen molar-refractivity contribution in [3.05, 3.63) is 69.2 Å². The molecule has 0 spiro atoms. The predicted molar refractivity (Wildman–Crippen MR) is 134 cm³/mol. The maximum absolute atomic E-state index is 13.8. The lowest BCUT2D eigenvalue weighted by Crippen LogP contribution is -2.31. The predicted octanol–water partition coefficient (Wildman–Crippen LogP) is 5.31. The topological polar surface area (TPSA) is 64.6 Å². The molecule has 4 rings (SSSR count). The highest BCUT2D eigenvalue weighted by Gasteiger charge is 2.35. The SMILES string of the molecule is CN(C)CCN(C)C1=NC(=O)C(=C(Cc2ccc(Cl)cc2C(F)(F)F)c2ccc3[nH]ncc3c2)S1. The number of H-pyrrole nitrogens is 1. The van der Waals surface area contributed by atoms with Crippen LogP contribution in [-0.4, -0.2) is 65.3 Å². The van der Waals surface area contributed by atoms with Crippen LogP contribution in [0.4, 0.5) is 13.2 Å². The Balaban J connectivity index is 1.78. The van der Waals surface area contributed by atoms with Crippen molar-refractivity contribution in [1.29, 1.82) is 0 Å². The number of amides is 1. The molecule has 1 amide bonds. The van der Waals surface area contributed by atoms with Crippen molar-refractivity contribution in [2.45, 2.75) is 12.6 Å². The summed E-state index contributed by atoms with van der Waals surface area (Å²) in [6.45, 7) is 1.40. The maximum Gasteiger partial charge on any atom is 0.416 e. The van der Waals surface area contributed by atoms with Crippen molar-refractivity contribution in [3.8, 4) is 0 Å². The van der Waals surface area contributed by atoms with Gasteiger partial charge in [-0.25, -0.2) is 0 Å². The number of fused-ring (bicyclic) bond motifs is 1. The van der Waals surface area contributed by atoms with Gasteiger partial charge in [-0.1, -0.05) is 23.7 Å². The molecule has 2 aromatic carbocycles. The van der Waals surface area contributed by atoms with Crippen LogP contribution < -0.4 is 0 Å². The van der Waals surface area contributed by atoms with Crippen LogP contribution in [0.5, 0.6) is 0 Å². The standard InChI is InChI=1S/C24H23ClF3N5OS/c1-32(2)8-9-33(3)23-30-22(34)21(35-23)18(14-5-7-20-16(10-14)13-29-31-20)11-15-4-6-17(25)12-19(15)24(26,27)28/h4-7,10,12-13H,8-9,11H2,1-3H3,(H,29,31). The van der Waals surface area contributed by atoms with Crippen LogP contribution in [0.25, 0.3) is 16.5 Å². The fraction of sp³-hybridized carbons (Fsp3) is 0.292. The number of aromatic nitrogens is 2. The fourth-order valence-electron chi connectivity index (χ4n) is 3.70. The molecule has 0 atom stereocenters. The second-order valence-corrected chi connectivity index (χ2v) is 9.90. The van der Waals surface area contributed by atoms with Gasteiger partial charge in [0.2, 0.25) is 0 Å². The van der Waals surface area contributed by atoms with E-state index in [1.807, 2.05) is 37.0 Å². The van der Waals surface area contributed by atoms with Gasteiger partial charge in [0.05, 0.1) is 22.2 Å². The Bertz CT molecular complexity index is 1330. The third kappa shape index (κ3) is 5.71. The number of amidine groups is 1. The van der Waals surface area contributed by atoms with Gasteiger partial charge in [0.25, 0.3) is 5.91 Å². The Labute approximate surface area is 209 Å². The van der Waals surface area contributed by atoms with Crippen LogP contribution in [-0.2, 0) is 17.4 Å². The number of nitrogens with zero attached hydrogens (tertiary/aromatic N) is 4. The summed E-state index contributed by atoms with van der Waals surface area (Å²) in [6.07, 6.45) is -3.08. The van der Waals surface area contributed by atoms with Crippen molar-refractivity contribution in [2.24, 2.45) is 4.99 Å². The van der Waals surface area contributed by atoms with Crippen LogP contribution in [0.2, 0.25) is 5.02 Å². The first-order valence-corrected chi connectivity index (χ1v) is 11.9. The molecule has 1 aromatic heterocycles. The number of nitrogens with one attached hydrogen (secondary N) is 1. The summed E-state index contributed by atoms with van der Waals surface area (Å²) in [5.41, 5.74) is 1.08. The highest BCUT2D eigenvalue weighted by Crippen LogP contribution is 2.40. The smallest absolute Gasteiger partial charge is 0.353 e. The van der Waals surface area contributed by atoms with Gasteiger partial charge in [0.15, 0.2) is 5.17 Å². The number of carbonyl (C=O) groups excluding carboxylic acids is 1. The normalized spacial score (nSPS) is 15.8. The zero-order valence-corrected chi connectivity index (χ0v) is 20.9. The minimum absolute atomic E-state index is 0.00505. The van der Waals surface area contributed by atoms with Gasteiger partial charge in [-0.15, -0.1) is 0 Å². The maximum atomic E-state index is 13.8. The molecule has 3 aromatic rings. The summed E-state index contributed by atoms with van der Waals surface area (Å²) in [6, 6.07) is 9.07. The number of likely N-dealkylation sites (N-methyl/N-ethyl adjacent to an activating group) is 2. The largest absolute Gasteiger partial charge is 0.416 e. The van der Waals surface area contributed by atoms with Gasteiger partial charge in [-0.2, -0.15) is 23.3 Å². The number of aromatic amines is 1. The second kappa shape index (κ2) is 10.0. The molecule has 35 heavy (non-hydrogen) atoms. The summed E-state index contributed by atoms with van der Waals surface area (Å²) in [4.78, 5) is 21.4. The number of alkyl halides is 3. The zero-order chi connectivity index (χ0) is 25.3. The molecule has 0 radical (unpaired) electrons. The zero-order valence-electron chi connectivity index (χ0n) is 19.3. The number of benzene rings is 2. The molecule has 0 saturated heterocycles. The van der Waals surface area contributed by atoms with Gasteiger partial charge >= 0.3 is 6.18 Å². The lowest BCUT2D eigenvalue weighted by atomic mass is 9.93. The highest BCUT2D eigenvalue weighted by molar-refractivity contribution is 8.18. The van der Waals surface area contributed by atoms with E-state index in [2.05, 4.69) is 15.2 Å². The molecule has 0 saturated carbocycles. The Hall–Kier alpha value is -2.82. The minimum atomic E-state index is -4.59. The summed E-state index contributed by atoms with van der Waals surface area (Å²) >= 11 is 7.06. The van der Waals surface area contributed by atoms with E-state index in [0.717, 1.165) is 23.5 Å². The first-order chi connectivity index (χ1) is 16.5. The molecule has 0 fully saturated rings. The Morgan fingerprint density at radius 3 is 2.60 bits per heavy atom. The summed E-state index contributed by atoms with van der Waals surface area (Å²) in [5, 5.41) is 8.17. The molecule has 1 aliphatic rings. The van der Waals surface area contributed by atoms with Crippen LogP contribution in [0, 0.1) is 0 Å². The van der Waals surface area contributed by atoms with E-state index >= 15 is 0 Å². The molecule has 1 N–H and O–H groups in total. The van der Waals surface area contributed by atoms with E-state index in [-0.39, 0.29) is 17.0 Å². The lowest BCUT2D eigenvalue weighted by Gasteiger charge is -2.20. The van der Waals surface area contributed by atoms with Crippen LogP contribution in [0.15, 0.2) is 52.5 Å². The third-order valence-corrected chi connectivity index (χ3v) is 7.05. The number of halogens is 4. The van der Waals surface area contributed by atoms with E-state index in [1.54, 1.807) is 18.3 Å². The van der Waals surface area contributed by atoms with E-state index in [0.29, 0.717) is 27.8 Å². The first kappa shape index (κ1) is 25.3. The first-order valence-electron chi connectivity index (χ1n) is 10.7. The number of thioether (sulfide) groups is 1. The molecule has 2 heterocycles. The van der Waals surface area contributed by atoms with Gasteiger partial charge in [0.1, 0.15) is 0 Å². The third-order valence-electron chi connectivity index (χ3n) is 5.60. The van der Waals surface area contributed by atoms with Gasteiger partial charge in [0, 0.05) is 30.5 Å². The molecule has 0 bridgehead atoms. The molecule has 11 heteroatoms. The summed E-state index contributed by atoms with van der Waals surface area (Å²) in [5.74, 6) is -0.466. The average Bonchev–Trinajstić information content (AvgIpc) is 3.42. The van der Waals surface area contributed by atoms with Crippen LogP contribution in [0.1, 0.15) is 16.7 Å². The number of allylic oxidation sites excluding steroid dienone is 1. The number of aliphatic imine (C=N–C) groups is 1. The molecular weight excluding hydrogens is 499 g/mol. The van der Waals surface area contributed by atoms with Gasteiger partial charge in [-0.3, -0.25) is 9.89 Å². The number of hydrogen-bond acceptors (Lipinski definition) is 5. The molecule has 184 valence electrons. The lowest BCUT2D eigenvalue weighted by molar-refractivity contribution is -0.138. The Morgan fingerprint density at radius 1 is 1.11 bits per heavy atom. The van der Waals surface area contributed by atoms with Crippen LogP contribution in [0.3, 0.4) is 0 Å². The van der Waals surface area contributed by atoms with E-state index in [1.165, 1.54) is 23.9 Å². The number of carbonyl (C=O) groups is 1. The van der Waals surface area contributed by atoms with Gasteiger partial charge in [-0.05, 0) is 73.2 Å². The van der Waals surface area contributed by atoms with Crippen LogP contribution >= 0.6 is 23.4 Å². The van der Waals surface area contributed by atoms with Gasteiger partial charge < -0.3 is 9.80 Å². The number of hydrogen-bond donors (Lipinski definition) is 1. The van der Waals surface area contributed by atoms with Crippen molar-refractivity contribution >= 4 is 50.9 Å². The summed E-state index contributed by atoms with van der Waals surface area (Å²) < 4.78 is 41.5. The molecular formula is C24H23ClF3N5OS. The second-order valence-electron chi connectivity index (χ2n) is 8.48. The minimum Gasteiger partial charge on any atom is -0.353 e. The van der Waals surface area contributed by atoms with E-state index < -0.39 is 17.6 Å². The monoisotopic (exact) mass is 521 g/mol. The highest BCUT2D eigenvalue weighted by atomic mass is 35.5. The van der Waals surface area contributed by atoms with E-state index in [9.17, 15) is 18.0 Å². The average molecular weight is 522 g/mol. The summed E-state index contributed by atoms with van der Waals surface area (Å²) in [7, 11) is 5.73. The molecule has 0 aliphatic carbocycles. The Morgan fingerprint density at radius 2 is 1.89 bits per heavy atom. The fourth-order valence-corrected chi connectivity index (χ4v) is 4.87. The molecule has 0 unspecified atom stereocenters. The van der Waals surface area contributed by atoms with Crippen molar-refractivity contribution < 1.29 is 18.0 Å². The quantitative estimate of drug-likeness (QED) is 0.445. The van der Waals surface area contributed by atoms with Crippen molar-refractivity contribution in [3.63, 3.8) is 0 Å². The van der Waals surface area contributed by atoms with Crippen molar-refractivity contribution in [2.75, 3.05) is 34.2 Å². The van der Waals surface area contributed by atoms with Crippen molar-refractivity contribution in [1.82, 2.24) is 20.0 Å².